The number of fused-ring (bicyclic) bond motifs is 2. The molecule has 1 aromatic carbocycles. The number of hydrogen-bond donors (Lipinski definition) is 1. The van der Waals surface area contributed by atoms with Crippen molar-refractivity contribution in [3.63, 3.8) is 0 Å². The van der Waals surface area contributed by atoms with Crippen molar-refractivity contribution in [1.82, 2.24) is 9.38 Å². The second kappa shape index (κ2) is 6.44. The van der Waals surface area contributed by atoms with Crippen LogP contribution in [0.5, 0.6) is 0 Å². The lowest BCUT2D eigenvalue weighted by Crippen LogP contribution is -2.14. The van der Waals surface area contributed by atoms with E-state index in [0.717, 1.165) is 5.56 Å². The summed E-state index contributed by atoms with van der Waals surface area (Å²) >= 11 is 1.18. The summed E-state index contributed by atoms with van der Waals surface area (Å²) in [5, 5.41) is 3.20. The van der Waals surface area contributed by atoms with Gasteiger partial charge in [-0.05, 0) is 55.8 Å². The molecule has 0 fully saturated rings. The Bertz CT molecular complexity index is 1270. The molecule has 0 radical (unpaired) electrons. The van der Waals surface area contributed by atoms with E-state index >= 15 is 0 Å². The third-order valence-corrected chi connectivity index (χ3v) is 5.33. The summed E-state index contributed by atoms with van der Waals surface area (Å²) in [4.78, 5) is 42.1. The minimum Gasteiger partial charge on any atom is -0.321 e. The molecule has 1 N–H and O–H groups in total. The van der Waals surface area contributed by atoms with Crippen LogP contribution in [-0.2, 0) is 0 Å². The van der Waals surface area contributed by atoms with Crippen LogP contribution in [0.4, 0.5) is 5.69 Å². The molecule has 7 heteroatoms. The number of ketones is 1. The first kappa shape index (κ1) is 17.1. The van der Waals surface area contributed by atoms with Gasteiger partial charge in [0.05, 0.1) is 10.3 Å². The Morgan fingerprint density at radius 3 is 2.59 bits per heavy atom. The smallest absolute Gasteiger partial charge is 0.266 e. The molecule has 0 saturated carbocycles. The molecule has 3 aromatic heterocycles. The molecule has 0 aliphatic heterocycles. The zero-order valence-electron chi connectivity index (χ0n) is 14.6. The van der Waals surface area contributed by atoms with Crippen molar-refractivity contribution in [2.45, 2.75) is 13.8 Å². The average molecular weight is 377 g/mol. The number of benzene rings is 1. The van der Waals surface area contributed by atoms with Crippen LogP contribution in [0.2, 0.25) is 0 Å². The summed E-state index contributed by atoms with van der Waals surface area (Å²) in [5.74, 6) is -0.356. The minimum atomic E-state index is -0.321. The van der Waals surface area contributed by atoms with E-state index in [9.17, 15) is 14.4 Å². The van der Waals surface area contributed by atoms with Gasteiger partial charge in [-0.25, -0.2) is 4.98 Å². The highest BCUT2D eigenvalue weighted by Crippen LogP contribution is 2.24. The highest BCUT2D eigenvalue weighted by Gasteiger charge is 2.15. The van der Waals surface area contributed by atoms with E-state index in [2.05, 4.69) is 10.3 Å². The van der Waals surface area contributed by atoms with E-state index < -0.39 is 0 Å². The molecule has 0 atom stereocenters. The van der Waals surface area contributed by atoms with Crippen molar-refractivity contribution in [2.75, 3.05) is 5.32 Å². The fourth-order valence-electron chi connectivity index (χ4n) is 2.85. The Morgan fingerprint density at radius 1 is 1.15 bits per heavy atom. The third-order valence-electron chi connectivity index (χ3n) is 4.30. The van der Waals surface area contributed by atoms with Gasteiger partial charge in [0, 0.05) is 17.4 Å². The van der Waals surface area contributed by atoms with Gasteiger partial charge in [-0.2, -0.15) is 0 Å². The Morgan fingerprint density at radius 2 is 1.89 bits per heavy atom. The Kier molecular flexibility index (Phi) is 4.08. The van der Waals surface area contributed by atoms with E-state index in [0.29, 0.717) is 32.0 Å². The van der Waals surface area contributed by atoms with E-state index in [-0.39, 0.29) is 17.2 Å². The number of amides is 1. The number of aromatic nitrogens is 2. The summed E-state index contributed by atoms with van der Waals surface area (Å²) in [6.07, 6.45) is 1.67. The summed E-state index contributed by atoms with van der Waals surface area (Å²) in [6.45, 7) is 3.38. The van der Waals surface area contributed by atoms with E-state index in [1.54, 1.807) is 42.6 Å². The van der Waals surface area contributed by atoms with E-state index in [1.165, 1.54) is 22.7 Å². The number of Topliss-reactive ketones (excluding diaryl/α,β-unsaturated/α-hetero) is 1. The number of aryl methyl sites for hydroxylation is 1. The maximum Gasteiger partial charge on any atom is 0.266 e. The molecular formula is C20H15N3O3S. The number of thiophene rings is 1. The van der Waals surface area contributed by atoms with Gasteiger partial charge in [-0.15, -0.1) is 11.3 Å². The SMILES string of the molecule is CC(=O)c1ccc(NC(=O)c2cc3c(=O)n4cccc(C)c4nc3s2)cc1. The first-order valence-electron chi connectivity index (χ1n) is 8.28. The first-order chi connectivity index (χ1) is 12.9. The molecule has 0 aliphatic carbocycles. The van der Waals surface area contributed by atoms with Crippen LogP contribution >= 0.6 is 11.3 Å². The van der Waals surface area contributed by atoms with Crippen LogP contribution in [0.3, 0.4) is 0 Å². The van der Waals surface area contributed by atoms with Crippen LogP contribution in [0.15, 0.2) is 53.5 Å². The lowest BCUT2D eigenvalue weighted by atomic mass is 10.1. The van der Waals surface area contributed by atoms with Gasteiger partial charge in [0.1, 0.15) is 10.5 Å². The minimum absolute atomic E-state index is 0.0358. The van der Waals surface area contributed by atoms with Crippen molar-refractivity contribution in [1.29, 1.82) is 0 Å². The second-order valence-corrected chi connectivity index (χ2v) is 7.25. The Labute approximate surface area is 158 Å². The highest BCUT2D eigenvalue weighted by atomic mass is 32.1. The quantitative estimate of drug-likeness (QED) is 0.553. The van der Waals surface area contributed by atoms with Crippen LogP contribution in [0, 0.1) is 6.92 Å². The van der Waals surface area contributed by atoms with Gasteiger partial charge < -0.3 is 5.32 Å². The maximum absolute atomic E-state index is 12.7. The molecule has 0 saturated heterocycles. The summed E-state index contributed by atoms with van der Waals surface area (Å²) in [6, 6.07) is 11.9. The largest absolute Gasteiger partial charge is 0.321 e. The van der Waals surface area contributed by atoms with Gasteiger partial charge in [0.25, 0.3) is 11.5 Å². The van der Waals surface area contributed by atoms with Gasteiger partial charge in [-0.1, -0.05) is 6.07 Å². The molecule has 0 unspecified atom stereocenters. The number of carbonyl (C=O) groups excluding carboxylic acids is 2. The average Bonchev–Trinajstić information content (AvgIpc) is 3.08. The molecular weight excluding hydrogens is 362 g/mol. The summed E-state index contributed by atoms with van der Waals surface area (Å²) in [7, 11) is 0. The van der Waals surface area contributed by atoms with Crippen molar-refractivity contribution >= 4 is 44.6 Å². The number of carbonyl (C=O) groups is 2. The van der Waals surface area contributed by atoms with E-state index in [1.807, 2.05) is 13.0 Å². The molecule has 4 aromatic rings. The normalized spacial score (nSPS) is 11.0. The number of anilines is 1. The van der Waals surface area contributed by atoms with Gasteiger partial charge in [0.2, 0.25) is 0 Å². The molecule has 1 amide bonds. The molecule has 3 heterocycles. The predicted octanol–water partition coefficient (Wildman–Crippen LogP) is 3.67. The van der Waals surface area contributed by atoms with Crippen LogP contribution < -0.4 is 10.9 Å². The third kappa shape index (κ3) is 3.02. The summed E-state index contributed by atoms with van der Waals surface area (Å²) in [5.41, 5.74) is 2.44. The molecule has 134 valence electrons. The van der Waals surface area contributed by atoms with Crippen molar-refractivity contribution in [3.05, 3.63) is 75.0 Å². The number of hydrogen-bond acceptors (Lipinski definition) is 5. The molecule has 0 aliphatic rings. The highest BCUT2D eigenvalue weighted by molar-refractivity contribution is 7.20. The number of nitrogens with zero attached hydrogens (tertiary/aromatic N) is 2. The molecule has 0 spiro atoms. The number of rotatable bonds is 3. The maximum atomic E-state index is 12.7. The fourth-order valence-corrected chi connectivity index (χ4v) is 3.77. The van der Waals surface area contributed by atoms with Crippen molar-refractivity contribution in [3.8, 4) is 0 Å². The monoisotopic (exact) mass is 377 g/mol. The van der Waals surface area contributed by atoms with Gasteiger partial charge in [-0.3, -0.25) is 18.8 Å². The summed E-state index contributed by atoms with van der Waals surface area (Å²) < 4.78 is 1.49. The number of nitrogens with one attached hydrogen (secondary N) is 1. The van der Waals surface area contributed by atoms with Crippen LogP contribution in [0.1, 0.15) is 32.5 Å². The van der Waals surface area contributed by atoms with E-state index in [4.69, 9.17) is 0 Å². The lowest BCUT2D eigenvalue weighted by molar-refractivity contribution is 0.101. The topological polar surface area (TPSA) is 80.5 Å². The number of pyridine rings is 1. The van der Waals surface area contributed by atoms with Gasteiger partial charge in [0.15, 0.2) is 5.78 Å². The Balaban J connectivity index is 1.71. The van der Waals surface area contributed by atoms with Crippen LogP contribution in [-0.4, -0.2) is 21.1 Å². The van der Waals surface area contributed by atoms with Crippen molar-refractivity contribution in [2.24, 2.45) is 0 Å². The van der Waals surface area contributed by atoms with Crippen LogP contribution in [0.25, 0.3) is 15.9 Å². The first-order valence-corrected chi connectivity index (χ1v) is 9.09. The van der Waals surface area contributed by atoms with Gasteiger partial charge >= 0.3 is 0 Å². The zero-order valence-corrected chi connectivity index (χ0v) is 15.5. The van der Waals surface area contributed by atoms with Crippen molar-refractivity contribution < 1.29 is 9.59 Å². The zero-order chi connectivity index (χ0) is 19.1. The standard InChI is InChI=1S/C20H15N3O3S/c1-11-4-3-9-23-17(11)22-19-15(20(23)26)10-16(27-19)18(25)21-14-7-5-13(6-8-14)12(2)24/h3-10H,1-2H3,(H,21,25). The molecule has 27 heavy (non-hydrogen) atoms. The fraction of sp³-hybridized carbons (Fsp3) is 0.100. The Hall–Kier alpha value is -3.32. The predicted molar refractivity (Wildman–Crippen MR) is 106 cm³/mol. The molecule has 6 nitrogen and oxygen atoms in total. The molecule has 0 bridgehead atoms. The lowest BCUT2D eigenvalue weighted by Gasteiger charge is -2.03. The molecule has 4 rings (SSSR count). The second-order valence-electron chi connectivity index (χ2n) is 6.22.